The molecule has 1 saturated heterocycles. The molecule has 1 unspecified atom stereocenters. The molecule has 1 atom stereocenters. The van der Waals surface area contributed by atoms with Crippen LogP contribution in [0.25, 0.3) is 10.9 Å². The summed E-state index contributed by atoms with van der Waals surface area (Å²) in [6, 6.07) is 5.53. The number of aromatic nitrogens is 1. The smallest absolute Gasteiger partial charge is 0.254 e. The van der Waals surface area contributed by atoms with E-state index in [0.29, 0.717) is 5.56 Å². The molecule has 1 aromatic heterocycles. The number of carbonyl (C=O) groups is 1. The maximum atomic E-state index is 12.4. The molecule has 2 aromatic rings. The van der Waals surface area contributed by atoms with Gasteiger partial charge in [0.05, 0.1) is 15.7 Å². The van der Waals surface area contributed by atoms with Crippen LogP contribution in [-0.2, 0) is 10.8 Å². The second-order valence-corrected chi connectivity index (χ2v) is 6.26. The molecule has 6 heteroatoms. The highest BCUT2D eigenvalue weighted by molar-refractivity contribution is 7.84. The molecule has 20 heavy (non-hydrogen) atoms. The summed E-state index contributed by atoms with van der Waals surface area (Å²) >= 11 is 0. The van der Waals surface area contributed by atoms with Crippen molar-refractivity contribution in [2.24, 2.45) is 0 Å². The zero-order chi connectivity index (χ0) is 14.1. The number of nitrogens with one attached hydrogen (secondary N) is 2. The summed E-state index contributed by atoms with van der Waals surface area (Å²) in [6.07, 6.45) is 3.41. The van der Waals surface area contributed by atoms with Crippen LogP contribution in [0.2, 0.25) is 0 Å². The molecule has 1 amide bonds. The van der Waals surface area contributed by atoms with E-state index in [9.17, 15) is 9.00 Å². The molecule has 1 aromatic carbocycles. The second-order valence-electron chi connectivity index (χ2n) is 4.91. The lowest BCUT2D eigenvalue weighted by Gasteiger charge is -2.27. The fourth-order valence-electron chi connectivity index (χ4n) is 2.52. The van der Waals surface area contributed by atoms with Crippen LogP contribution in [0.4, 0.5) is 0 Å². The number of aromatic amines is 1. The van der Waals surface area contributed by atoms with Gasteiger partial charge in [0, 0.05) is 55.1 Å². The molecule has 2 heterocycles. The molecule has 5 nitrogen and oxygen atoms in total. The summed E-state index contributed by atoms with van der Waals surface area (Å²) in [5.41, 5.74) is 1.53. The number of benzene rings is 1. The number of hydrogen-bond donors (Lipinski definition) is 2. The summed E-state index contributed by atoms with van der Waals surface area (Å²) in [5, 5.41) is 4.15. The first-order valence-electron chi connectivity index (χ1n) is 6.61. The molecule has 3 rings (SSSR count). The van der Waals surface area contributed by atoms with Gasteiger partial charge in [-0.25, -0.2) is 0 Å². The SMILES string of the molecule is CS(=O)c1c[nH]c2cc(C(=O)N3CCNCC3)ccc12. The van der Waals surface area contributed by atoms with Crippen LogP contribution in [0.15, 0.2) is 29.3 Å². The molecule has 1 fully saturated rings. The maximum Gasteiger partial charge on any atom is 0.254 e. The van der Waals surface area contributed by atoms with Crippen molar-refractivity contribution in [3.05, 3.63) is 30.0 Å². The predicted molar refractivity (Wildman–Crippen MR) is 79.4 cm³/mol. The molecule has 1 aliphatic rings. The van der Waals surface area contributed by atoms with Gasteiger partial charge in [0.25, 0.3) is 5.91 Å². The number of rotatable bonds is 2. The molecule has 0 radical (unpaired) electrons. The second kappa shape index (κ2) is 5.38. The maximum absolute atomic E-state index is 12.4. The Kier molecular flexibility index (Phi) is 3.58. The van der Waals surface area contributed by atoms with E-state index in [2.05, 4.69) is 10.3 Å². The molecule has 1 aliphatic heterocycles. The van der Waals surface area contributed by atoms with Crippen LogP contribution >= 0.6 is 0 Å². The van der Waals surface area contributed by atoms with Gasteiger partial charge < -0.3 is 15.2 Å². The van der Waals surface area contributed by atoms with Gasteiger partial charge in [-0.3, -0.25) is 9.00 Å². The van der Waals surface area contributed by atoms with Crippen LogP contribution in [-0.4, -0.2) is 52.4 Å². The van der Waals surface area contributed by atoms with Crippen LogP contribution in [0.5, 0.6) is 0 Å². The zero-order valence-electron chi connectivity index (χ0n) is 11.3. The van der Waals surface area contributed by atoms with Gasteiger partial charge in [0.1, 0.15) is 0 Å². The summed E-state index contributed by atoms with van der Waals surface area (Å²) < 4.78 is 11.6. The highest BCUT2D eigenvalue weighted by atomic mass is 32.2. The van der Waals surface area contributed by atoms with Crippen molar-refractivity contribution in [1.29, 1.82) is 0 Å². The van der Waals surface area contributed by atoms with Gasteiger partial charge in [-0.15, -0.1) is 0 Å². The minimum atomic E-state index is -1.03. The third-order valence-electron chi connectivity index (χ3n) is 3.60. The number of H-pyrrole nitrogens is 1. The molecule has 0 spiro atoms. The molecule has 0 bridgehead atoms. The number of nitrogens with zero attached hydrogens (tertiary/aromatic N) is 1. The van der Waals surface area contributed by atoms with E-state index in [1.165, 1.54) is 0 Å². The minimum absolute atomic E-state index is 0.0576. The average molecular weight is 291 g/mol. The molecule has 0 saturated carbocycles. The fourth-order valence-corrected chi connectivity index (χ4v) is 3.23. The number of carbonyl (C=O) groups excluding carboxylic acids is 1. The van der Waals surface area contributed by atoms with Crippen molar-refractivity contribution in [3.8, 4) is 0 Å². The molecule has 2 N–H and O–H groups in total. The van der Waals surface area contributed by atoms with Gasteiger partial charge in [-0.2, -0.15) is 0 Å². The highest BCUT2D eigenvalue weighted by Gasteiger charge is 2.18. The average Bonchev–Trinajstić information content (AvgIpc) is 2.90. The van der Waals surface area contributed by atoms with E-state index in [-0.39, 0.29) is 5.91 Å². The Morgan fingerprint density at radius 1 is 1.30 bits per heavy atom. The number of amides is 1. The van der Waals surface area contributed by atoms with Crippen molar-refractivity contribution in [2.45, 2.75) is 4.90 Å². The van der Waals surface area contributed by atoms with Crippen molar-refractivity contribution in [3.63, 3.8) is 0 Å². The zero-order valence-corrected chi connectivity index (χ0v) is 12.1. The van der Waals surface area contributed by atoms with E-state index in [1.807, 2.05) is 23.1 Å². The third-order valence-corrected chi connectivity index (χ3v) is 4.56. The van der Waals surface area contributed by atoms with Gasteiger partial charge >= 0.3 is 0 Å². The number of hydrogen-bond acceptors (Lipinski definition) is 3. The third kappa shape index (κ3) is 2.36. The molecule has 106 valence electrons. The van der Waals surface area contributed by atoms with Crippen molar-refractivity contribution < 1.29 is 9.00 Å². The Morgan fingerprint density at radius 2 is 2.05 bits per heavy atom. The van der Waals surface area contributed by atoms with Gasteiger partial charge in [-0.05, 0) is 12.1 Å². The van der Waals surface area contributed by atoms with E-state index < -0.39 is 10.8 Å². The Labute approximate surface area is 119 Å². The van der Waals surface area contributed by atoms with Gasteiger partial charge in [-0.1, -0.05) is 6.07 Å². The predicted octanol–water partition coefficient (Wildman–Crippen LogP) is 0.951. The number of piperazine rings is 1. The Hall–Kier alpha value is -1.66. The summed E-state index contributed by atoms with van der Waals surface area (Å²) in [4.78, 5) is 18.1. The quantitative estimate of drug-likeness (QED) is 0.866. The summed E-state index contributed by atoms with van der Waals surface area (Å²) in [5.74, 6) is 0.0576. The Morgan fingerprint density at radius 3 is 2.75 bits per heavy atom. The standard InChI is InChI=1S/C14H17N3O2S/c1-20(19)13-9-16-12-8-10(2-3-11(12)13)14(18)17-6-4-15-5-7-17/h2-3,8-9,15-16H,4-7H2,1H3. The van der Waals surface area contributed by atoms with Crippen LogP contribution < -0.4 is 5.32 Å². The van der Waals surface area contributed by atoms with E-state index in [1.54, 1.807) is 12.5 Å². The van der Waals surface area contributed by atoms with Crippen LogP contribution in [0.1, 0.15) is 10.4 Å². The first-order chi connectivity index (χ1) is 9.66. The monoisotopic (exact) mass is 291 g/mol. The first-order valence-corrected chi connectivity index (χ1v) is 8.17. The van der Waals surface area contributed by atoms with Gasteiger partial charge in [0.15, 0.2) is 0 Å². The molecular weight excluding hydrogens is 274 g/mol. The fraction of sp³-hybridized carbons (Fsp3) is 0.357. The lowest BCUT2D eigenvalue weighted by atomic mass is 10.1. The van der Waals surface area contributed by atoms with E-state index in [4.69, 9.17) is 0 Å². The van der Waals surface area contributed by atoms with Gasteiger partial charge in [0.2, 0.25) is 0 Å². The first kappa shape index (κ1) is 13.3. The normalized spacial score (nSPS) is 17.4. The Bertz CT molecular complexity index is 674. The molecular formula is C14H17N3O2S. The lowest BCUT2D eigenvalue weighted by Crippen LogP contribution is -2.46. The summed E-state index contributed by atoms with van der Waals surface area (Å²) in [6.45, 7) is 3.17. The van der Waals surface area contributed by atoms with Crippen LogP contribution in [0, 0.1) is 0 Å². The van der Waals surface area contributed by atoms with Crippen molar-refractivity contribution in [2.75, 3.05) is 32.4 Å². The minimum Gasteiger partial charge on any atom is -0.360 e. The highest BCUT2D eigenvalue weighted by Crippen LogP contribution is 2.22. The van der Waals surface area contributed by atoms with Crippen molar-refractivity contribution in [1.82, 2.24) is 15.2 Å². The lowest BCUT2D eigenvalue weighted by molar-refractivity contribution is 0.0736. The number of fused-ring (bicyclic) bond motifs is 1. The topological polar surface area (TPSA) is 65.2 Å². The van der Waals surface area contributed by atoms with E-state index in [0.717, 1.165) is 42.0 Å². The van der Waals surface area contributed by atoms with Crippen molar-refractivity contribution >= 4 is 27.6 Å². The van der Waals surface area contributed by atoms with E-state index >= 15 is 0 Å². The van der Waals surface area contributed by atoms with Crippen LogP contribution in [0.3, 0.4) is 0 Å². The summed E-state index contributed by atoms with van der Waals surface area (Å²) in [7, 11) is -1.03. The molecule has 0 aliphatic carbocycles. The largest absolute Gasteiger partial charge is 0.360 e. The Balaban J connectivity index is 1.92.